The zero-order chi connectivity index (χ0) is 16.2. The summed E-state index contributed by atoms with van der Waals surface area (Å²) in [6.45, 7) is 2.12. The van der Waals surface area contributed by atoms with Crippen molar-refractivity contribution in [2.24, 2.45) is 5.92 Å². The highest BCUT2D eigenvalue weighted by Crippen LogP contribution is 2.24. The second kappa shape index (κ2) is 6.84. The fourth-order valence-electron chi connectivity index (χ4n) is 3.13. The van der Waals surface area contributed by atoms with Crippen molar-refractivity contribution >= 4 is 16.8 Å². The summed E-state index contributed by atoms with van der Waals surface area (Å²) in [5.74, 6) is 0.149. The van der Waals surface area contributed by atoms with Crippen LogP contribution in [0.15, 0.2) is 54.6 Å². The van der Waals surface area contributed by atoms with Crippen molar-refractivity contribution in [2.75, 3.05) is 6.61 Å². The van der Waals surface area contributed by atoms with Crippen molar-refractivity contribution in [2.45, 2.75) is 25.4 Å². The molecule has 2 aromatic carbocycles. The van der Waals surface area contributed by atoms with E-state index in [1.54, 1.807) is 0 Å². The molecule has 1 aliphatic carbocycles. The van der Waals surface area contributed by atoms with Crippen LogP contribution in [0.25, 0.3) is 10.8 Å². The minimum absolute atomic E-state index is 0.00753. The number of hydrogen-bond donors (Lipinski definition) is 3. The van der Waals surface area contributed by atoms with Gasteiger partial charge in [-0.25, -0.2) is 4.79 Å². The van der Waals surface area contributed by atoms with E-state index in [1.165, 1.54) is 5.39 Å². The summed E-state index contributed by atoms with van der Waals surface area (Å²) in [7, 11) is 0. The molecule has 0 aliphatic heterocycles. The molecule has 120 valence electrons. The van der Waals surface area contributed by atoms with Crippen LogP contribution in [-0.4, -0.2) is 23.8 Å². The molecule has 0 bridgehead atoms. The number of urea groups is 1. The van der Waals surface area contributed by atoms with Crippen LogP contribution in [0.2, 0.25) is 0 Å². The highest BCUT2D eigenvalue weighted by Gasteiger charge is 2.20. The summed E-state index contributed by atoms with van der Waals surface area (Å²) in [5, 5.41) is 17.4. The molecular weight excluding hydrogens is 288 g/mol. The number of amides is 2. The van der Waals surface area contributed by atoms with Gasteiger partial charge in [-0.15, -0.1) is 0 Å². The normalized spacial score (nSPS) is 21.3. The predicted molar refractivity (Wildman–Crippen MR) is 92.2 cm³/mol. The average Bonchev–Trinajstić information content (AvgIpc) is 3.01. The number of benzene rings is 2. The standard InChI is InChI=1S/C19H22N2O2/c1-13(17-8-4-6-15-5-2-3-7-18(15)17)20-19(23)21-16-10-9-14(11-16)12-22/h2-10,13-14,16,22H,11-12H2,1H3,(H2,20,21,23)/t13?,14-,16+/m0/s1. The predicted octanol–water partition coefficient (Wildman–Crippen LogP) is 3.14. The molecule has 0 spiro atoms. The summed E-state index contributed by atoms with van der Waals surface area (Å²) in [4.78, 5) is 12.2. The van der Waals surface area contributed by atoms with E-state index in [0.717, 1.165) is 17.4 Å². The van der Waals surface area contributed by atoms with Gasteiger partial charge in [0.05, 0.1) is 6.04 Å². The Morgan fingerprint density at radius 2 is 2.00 bits per heavy atom. The van der Waals surface area contributed by atoms with Gasteiger partial charge in [0, 0.05) is 18.6 Å². The molecule has 0 radical (unpaired) electrons. The molecule has 0 saturated heterocycles. The zero-order valence-electron chi connectivity index (χ0n) is 13.2. The molecule has 0 heterocycles. The molecule has 3 N–H and O–H groups in total. The molecule has 4 heteroatoms. The lowest BCUT2D eigenvalue weighted by Crippen LogP contribution is -2.41. The molecule has 0 aromatic heterocycles. The third kappa shape index (κ3) is 3.54. The average molecular weight is 310 g/mol. The summed E-state index contributed by atoms with van der Waals surface area (Å²) < 4.78 is 0. The number of hydrogen-bond acceptors (Lipinski definition) is 2. The molecular formula is C19H22N2O2. The lowest BCUT2D eigenvalue weighted by molar-refractivity contribution is 0.229. The number of aliphatic hydroxyl groups excluding tert-OH is 1. The summed E-state index contributed by atoms with van der Waals surface area (Å²) in [5.41, 5.74) is 1.11. The Labute approximate surface area is 136 Å². The lowest BCUT2D eigenvalue weighted by Gasteiger charge is -2.19. The van der Waals surface area contributed by atoms with E-state index in [-0.39, 0.29) is 30.6 Å². The van der Waals surface area contributed by atoms with Crippen molar-refractivity contribution in [1.29, 1.82) is 0 Å². The first-order chi connectivity index (χ1) is 11.2. The highest BCUT2D eigenvalue weighted by atomic mass is 16.3. The van der Waals surface area contributed by atoms with Gasteiger partial charge in [-0.05, 0) is 29.7 Å². The van der Waals surface area contributed by atoms with Gasteiger partial charge < -0.3 is 15.7 Å². The molecule has 3 atom stereocenters. The third-order valence-corrected chi connectivity index (χ3v) is 4.36. The molecule has 0 fully saturated rings. The van der Waals surface area contributed by atoms with Gasteiger partial charge in [-0.1, -0.05) is 54.6 Å². The Morgan fingerprint density at radius 3 is 2.78 bits per heavy atom. The minimum Gasteiger partial charge on any atom is -0.396 e. The first kappa shape index (κ1) is 15.6. The van der Waals surface area contributed by atoms with Gasteiger partial charge in [0.15, 0.2) is 0 Å². The maximum atomic E-state index is 12.2. The van der Waals surface area contributed by atoms with Gasteiger partial charge in [-0.2, -0.15) is 0 Å². The molecule has 0 saturated carbocycles. The monoisotopic (exact) mass is 310 g/mol. The Hall–Kier alpha value is -2.33. The Balaban J connectivity index is 1.65. The number of nitrogens with one attached hydrogen (secondary N) is 2. The van der Waals surface area contributed by atoms with Gasteiger partial charge in [0.25, 0.3) is 0 Å². The van der Waals surface area contributed by atoms with Crippen molar-refractivity contribution in [3.63, 3.8) is 0 Å². The second-order valence-electron chi connectivity index (χ2n) is 6.08. The number of carbonyl (C=O) groups excluding carboxylic acids is 1. The molecule has 23 heavy (non-hydrogen) atoms. The van der Waals surface area contributed by atoms with E-state index in [9.17, 15) is 4.79 Å². The molecule has 1 aliphatic rings. The maximum Gasteiger partial charge on any atom is 0.315 e. The number of carbonyl (C=O) groups is 1. The van der Waals surface area contributed by atoms with Gasteiger partial charge in [-0.3, -0.25) is 0 Å². The largest absolute Gasteiger partial charge is 0.396 e. The van der Waals surface area contributed by atoms with E-state index in [1.807, 2.05) is 43.3 Å². The smallest absolute Gasteiger partial charge is 0.315 e. The van der Waals surface area contributed by atoms with Crippen LogP contribution in [0.3, 0.4) is 0 Å². The van der Waals surface area contributed by atoms with E-state index >= 15 is 0 Å². The van der Waals surface area contributed by atoms with Gasteiger partial charge >= 0.3 is 6.03 Å². The number of rotatable bonds is 4. The number of fused-ring (bicyclic) bond motifs is 1. The van der Waals surface area contributed by atoms with Crippen LogP contribution >= 0.6 is 0 Å². The van der Waals surface area contributed by atoms with E-state index in [0.29, 0.717) is 0 Å². The Kier molecular flexibility index (Phi) is 4.63. The van der Waals surface area contributed by atoms with E-state index in [2.05, 4.69) is 28.8 Å². The lowest BCUT2D eigenvalue weighted by atomic mass is 10.00. The van der Waals surface area contributed by atoms with Crippen LogP contribution in [0.1, 0.15) is 24.9 Å². The molecule has 2 aromatic rings. The molecule has 3 rings (SSSR count). The van der Waals surface area contributed by atoms with E-state index in [4.69, 9.17) is 5.11 Å². The second-order valence-corrected chi connectivity index (χ2v) is 6.08. The van der Waals surface area contributed by atoms with Gasteiger partial charge in [0.2, 0.25) is 0 Å². The summed E-state index contributed by atoms with van der Waals surface area (Å²) in [6.07, 6.45) is 4.66. The first-order valence-electron chi connectivity index (χ1n) is 8.01. The first-order valence-corrected chi connectivity index (χ1v) is 8.01. The van der Waals surface area contributed by atoms with Crippen LogP contribution in [-0.2, 0) is 0 Å². The van der Waals surface area contributed by atoms with Crippen molar-refractivity contribution in [1.82, 2.24) is 10.6 Å². The summed E-state index contributed by atoms with van der Waals surface area (Å²) in [6, 6.07) is 14.0. The van der Waals surface area contributed by atoms with Crippen LogP contribution in [0, 0.1) is 5.92 Å². The minimum atomic E-state index is -0.182. The van der Waals surface area contributed by atoms with Crippen molar-refractivity contribution in [3.8, 4) is 0 Å². The fourth-order valence-corrected chi connectivity index (χ4v) is 3.13. The van der Waals surface area contributed by atoms with E-state index < -0.39 is 0 Å². The quantitative estimate of drug-likeness (QED) is 0.760. The SMILES string of the molecule is CC(NC(=O)N[C@@H]1C=C[C@H](CO)C1)c1cccc2ccccc12. The molecule has 2 amide bonds. The number of aliphatic hydroxyl groups is 1. The van der Waals surface area contributed by atoms with Crippen molar-refractivity contribution < 1.29 is 9.90 Å². The molecule has 1 unspecified atom stereocenters. The Morgan fingerprint density at radius 1 is 1.22 bits per heavy atom. The Bertz CT molecular complexity index is 721. The zero-order valence-corrected chi connectivity index (χ0v) is 13.2. The highest BCUT2D eigenvalue weighted by molar-refractivity contribution is 5.86. The molecule has 4 nitrogen and oxygen atoms in total. The summed E-state index contributed by atoms with van der Waals surface area (Å²) >= 11 is 0. The van der Waals surface area contributed by atoms with Crippen LogP contribution in [0.4, 0.5) is 4.79 Å². The van der Waals surface area contributed by atoms with Crippen molar-refractivity contribution in [3.05, 3.63) is 60.2 Å². The van der Waals surface area contributed by atoms with Gasteiger partial charge in [0.1, 0.15) is 0 Å². The maximum absolute atomic E-state index is 12.2. The third-order valence-electron chi connectivity index (χ3n) is 4.36. The van der Waals surface area contributed by atoms with Crippen LogP contribution < -0.4 is 10.6 Å². The van der Waals surface area contributed by atoms with Crippen LogP contribution in [0.5, 0.6) is 0 Å². The fraction of sp³-hybridized carbons (Fsp3) is 0.316. The topological polar surface area (TPSA) is 61.4 Å².